The van der Waals surface area contributed by atoms with Gasteiger partial charge in [-0.3, -0.25) is 18.9 Å². The second kappa shape index (κ2) is 9.47. The van der Waals surface area contributed by atoms with Gasteiger partial charge >= 0.3 is 0 Å². The van der Waals surface area contributed by atoms with Crippen molar-refractivity contribution in [3.05, 3.63) is 44.7 Å². The number of fused-ring (bicyclic) bond motifs is 1. The van der Waals surface area contributed by atoms with Crippen molar-refractivity contribution in [3.63, 3.8) is 0 Å². The molecule has 2 aromatic rings. The van der Waals surface area contributed by atoms with Gasteiger partial charge in [-0.15, -0.1) is 0 Å². The number of nitrogens with zero attached hydrogens (tertiary/aromatic N) is 3. The molecule has 2 aromatic heterocycles. The number of methoxy groups -OCH3 is 1. The Hall–Kier alpha value is -2.27. The minimum Gasteiger partial charge on any atom is -0.383 e. The van der Waals surface area contributed by atoms with E-state index in [-0.39, 0.29) is 17.6 Å². The first-order chi connectivity index (χ1) is 15.0. The summed E-state index contributed by atoms with van der Waals surface area (Å²) in [6.45, 7) is 3.95. The Balaban J connectivity index is 1.74. The highest BCUT2D eigenvalue weighted by atomic mass is 32.2. The number of pyridine rings is 1. The number of hydrogen-bond donors (Lipinski definition) is 1. The number of carbonyl (C=O) groups is 1. The van der Waals surface area contributed by atoms with Crippen molar-refractivity contribution in [1.82, 2.24) is 14.3 Å². The van der Waals surface area contributed by atoms with Crippen LogP contribution < -0.4 is 10.9 Å². The molecule has 10 heteroatoms. The van der Waals surface area contributed by atoms with Gasteiger partial charge in [0.05, 0.1) is 29.7 Å². The van der Waals surface area contributed by atoms with Crippen molar-refractivity contribution in [2.45, 2.75) is 25.9 Å². The Morgan fingerprint density at radius 2 is 2.29 bits per heavy atom. The zero-order chi connectivity index (χ0) is 22.0. The first-order valence-electron chi connectivity index (χ1n) is 10.1. The normalized spacial score (nSPS) is 20.4. The molecule has 1 amide bonds. The predicted molar refractivity (Wildman–Crippen MR) is 125 cm³/mol. The van der Waals surface area contributed by atoms with Crippen molar-refractivity contribution >= 4 is 51.7 Å². The summed E-state index contributed by atoms with van der Waals surface area (Å²) in [7, 11) is 1.57. The highest BCUT2D eigenvalue weighted by Crippen LogP contribution is 2.33. The summed E-state index contributed by atoms with van der Waals surface area (Å²) in [5.41, 5.74) is 1.54. The van der Waals surface area contributed by atoms with Gasteiger partial charge in [0.1, 0.15) is 15.8 Å². The van der Waals surface area contributed by atoms with E-state index in [2.05, 4.69) is 5.32 Å². The molecule has 0 saturated carbocycles. The Morgan fingerprint density at radius 3 is 3.03 bits per heavy atom. The summed E-state index contributed by atoms with van der Waals surface area (Å²) in [6.07, 6.45) is 5.34. The van der Waals surface area contributed by atoms with E-state index in [9.17, 15) is 9.59 Å². The number of aryl methyl sites for hydroxylation is 1. The minimum atomic E-state index is -0.245. The number of hydrogen-bond acceptors (Lipinski definition) is 8. The second-order valence-corrected chi connectivity index (χ2v) is 9.08. The van der Waals surface area contributed by atoms with Crippen LogP contribution in [0.4, 0.5) is 5.82 Å². The highest BCUT2D eigenvalue weighted by Gasteiger charge is 2.32. The van der Waals surface area contributed by atoms with Gasteiger partial charge in [0.2, 0.25) is 0 Å². The van der Waals surface area contributed by atoms with Crippen LogP contribution >= 0.6 is 24.0 Å². The molecule has 8 nitrogen and oxygen atoms in total. The number of ether oxygens (including phenoxy) is 2. The summed E-state index contributed by atoms with van der Waals surface area (Å²) in [4.78, 5) is 32.8. The number of nitrogens with one attached hydrogen (secondary N) is 1. The van der Waals surface area contributed by atoms with Gasteiger partial charge in [0.15, 0.2) is 0 Å². The van der Waals surface area contributed by atoms with Crippen LogP contribution in [-0.2, 0) is 14.3 Å². The highest BCUT2D eigenvalue weighted by molar-refractivity contribution is 8.26. The molecule has 2 fully saturated rings. The fourth-order valence-electron chi connectivity index (χ4n) is 3.60. The lowest BCUT2D eigenvalue weighted by Crippen LogP contribution is -2.31. The van der Waals surface area contributed by atoms with E-state index in [1.54, 1.807) is 25.4 Å². The standard InChI is InChI=1S/C21H24N4O4S2/c1-13-5-3-7-24-18(13)23-17(22-12-14-6-4-9-29-14)15(19(24)26)11-16-20(27)25(8-10-28-2)21(30)31-16/h3,5,7,11,14,22H,4,6,8-10,12H2,1-2H3/b16-11-/t14-/m1/s1. The molecule has 2 aliphatic rings. The van der Waals surface area contributed by atoms with Gasteiger partial charge in [0.25, 0.3) is 11.5 Å². The number of aromatic nitrogens is 2. The predicted octanol–water partition coefficient (Wildman–Crippen LogP) is 2.44. The lowest BCUT2D eigenvalue weighted by atomic mass is 10.2. The minimum absolute atomic E-state index is 0.0808. The molecular formula is C21H24N4O4S2. The number of thiocarbonyl (C=S) groups is 1. The Bertz CT molecular complexity index is 1110. The van der Waals surface area contributed by atoms with E-state index in [1.807, 2.05) is 13.0 Å². The molecule has 0 radical (unpaired) electrons. The molecule has 1 N–H and O–H groups in total. The third-order valence-corrected chi connectivity index (χ3v) is 6.65. The van der Waals surface area contributed by atoms with E-state index < -0.39 is 0 Å². The van der Waals surface area contributed by atoms with Gasteiger partial charge in [-0.25, -0.2) is 4.98 Å². The van der Waals surface area contributed by atoms with Gasteiger partial charge in [-0.1, -0.05) is 30.0 Å². The van der Waals surface area contributed by atoms with Gasteiger partial charge < -0.3 is 14.8 Å². The van der Waals surface area contributed by atoms with Crippen LogP contribution in [0.2, 0.25) is 0 Å². The van der Waals surface area contributed by atoms with Crippen LogP contribution in [0.5, 0.6) is 0 Å². The maximum Gasteiger partial charge on any atom is 0.267 e. The lowest BCUT2D eigenvalue weighted by molar-refractivity contribution is -0.122. The van der Waals surface area contributed by atoms with Crippen LogP contribution in [0.3, 0.4) is 0 Å². The first kappa shape index (κ1) is 21.9. The molecule has 2 aliphatic heterocycles. The van der Waals surface area contributed by atoms with E-state index in [0.717, 1.165) is 25.0 Å². The molecule has 31 heavy (non-hydrogen) atoms. The van der Waals surface area contributed by atoms with Gasteiger partial charge in [-0.2, -0.15) is 0 Å². The number of amides is 1. The second-order valence-electron chi connectivity index (χ2n) is 7.41. The Kier molecular flexibility index (Phi) is 6.71. The molecule has 0 unspecified atom stereocenters. The number of anilines is 1. The maximum absolute atomic E-state index is 13.3. The number of carbonyl (C=O) groups excluding carboxylic acids is 1. The van der Waals surface area contributed by atoms with E-state index >= 15 is 0 Å². The zero-order valence-corrected chi connectivity index (χ0v) is 19.1. The fourth-order valence-corrected chi connectivity index (χ4v) is 4.89. The Labute approximate surface area is 189 Å². The van der Waals surface area contributed by atoms with Crippen LogP contribution in [0.25, 0.3) is 11.7 Å². The molecule has 4 rings (SSSR count). The zero-order valence-electron chi connectivity index (χ0n) is 17.4. The largest absolute Gasteiger partial charge is 0.383 e. The fraction of sp³-hybridized carbons (Fsp3) is 0.429. The number of rotatable bonds is 7. The van der Waals surface area contributed by atoms with Crippen LogP contribution in [0.1, 0.15) is 24.0 Å². The van der Waals surface area contributed by atoms with E-state index in [4.69, 9.17) is 26.7 Å². The topological polar surface area (TPSA) is 85.2 Å². The molecule has 0 aromatic carbocycles. The van der Waals surface area contributed by atoms with Crippen LogP contribution in [-0.4, -0.2) is 64.0 Å². The third kappa shape index (κ3) is 4.52. The average Bonchev–Trinajstić information content (AvgIpc) is 3.36. The summed E-state index contributed by atoms with van der Waals surface area (Å²) in [6, 6.07) is 3.71. The maximum atomic E-state index is 13.3. The summed E-state index contributed by atoms with van der Waals surface area (Å²) >= 11 is 6.53. The summed E-state index contributed by atoms with van der Waals surface area (Å²) in [5, 5.41) is 3.28. The quantitative estimate of drug-likeness (QED) is 0.498. The van der Waals surface area contributed by atoms with Crippen molar-refractivity contribution in [2.24, 2.45) is 0 Å². The van der Waals surface area contributed by atoms with Crippen LogP contribution in [0.15, 0.2) is 28.0 Å². The van der Waals surface area contributed by atoms with E-state index in [0.29, 0.717) is 46.0 Å². The SMILES string of the molecule is COCCN1C(=O)/C(=C/c2c(NC[C@H]3CCCO3)nc3c(C)cccn3c2=O)SC1=S. The van der Waals surface area contributed by atoms with Crippen molar-refractivity contribution < 1.29 is 14.3 Å². The van der Waals surface area contributed by atoms with Crippen LogP contribution in [0, 0.1) is 6.92 Å². The smallest absolute Gasteiger partial charge is 0.267 e. The number of thioether (sulfide) groups is 1. The molecule has 2 saturated heterocycles. The molecular weight excluding hydrogens is 436 g/mol. The monoisotopic (exact) mass is 460 g/mol. The van der Waals surface area contributed by atoms with Gasteiger partial charge in [0, 0.05) is 26.5 Å². The van der Waals surface area contributed by atoms with Gasteiger partial charge in [-0.05, 0) is 37.5 Å². The molecule has 4 heterocycles. The molecule has 0 bridgehead atoms. The first-order valence-corrected chi connectivity index (χ1v) is 11.3. The summed E-state index contributed by atoms with van der Waals surface area (Å²) in [5.74, 6) is 0.211. The summed E-state index contributed by atoms with van der Waals surface area (Å²) < 4.78 is 12.7. The van der Waals surface area contributed by atoms with Crippen molar-refractivity contribution in [1.29, 1.82) is 0 Å². The lowest BCUT2D eigenvalue weighted by Gasteiger charge is -2.15. The third-order valence-electron chi connectivity index (χ3n) is 5.27. The van der Waals surface area contributed by atoms with Crippen molar-refractivity contribution in [2.75, 3.05) is 38.7 Å². The van der Waals surface area contributed by atoms with Crippen molar-refractivity contribution in [3.8, 4) is 0 Å². The molecule has 164 valence electrons. The Morgan fingerprint density at radius 1 is 1.45 bits per heavy atom. The molecule has 0 spiro atoms. The molecule has 0 aliphatic carbocycles. The molecule has 1 atom stereocenters. The average molecular weight is 461 g/mol. The van der Waals surface area contributed by atoms with E-state index in [1.165, 1.54) is 21.1 Å².